The molecule has 2 aromatic rings. The van der Waals surface area contributed by atoms with Gasteiger partial charge in [0.25, 0.3) is 5.91 Å². The van der Waals surface area contributed by atoms with Crippen molar-refractivity contribution >= 4 is 5.91 Å². The third-order valence-electron chi connectivity index (χ3n) is 4.65. The minimum atomic E-state index is -0.112. The molecule has 1 heterocycles. The number of hydrogen-bond acceptors (Lipinski definition) is 3. The van der Waals surface area contributed by atoms with Crippen LogP contribution >= 0.6 is 0 Å². The number of methoxy groups -OCH3 is 1. The van der Waals surface area contributed by atoms with E-state index in [1.165, 1.54) is 37.9 Å². The van der Waals surface area contributed by atoms with Crippen molar-refractivity contribution in [1.29, 1.82) is 0 Å². The number of likely N-dealkylation sites (tertiary alicyclic amines) is 1. The van der Waals surface area contributed by atoms with Crippen LogP contribution in [0.25, 0.3) is 0 Å². The number of para-hydroxylation sites is 1. The molecule has 1 N–H and O–H groups in total. The Labute approximate surface area is 149 Å². The SMILES string of the molecule is COc1ccccc1C(=O)NCc1cccc(CN2CCCCC2)c1. The molecule has 1 fully saturated rings. The fourth-order valence-corrected chi connectivity index (χ4v) is 3.32. The Bertz CT molecular complexity index is 709. The summed E-state index contributed by atoms with van der Waals surface area (Å²) in [5, 5.41) is 2.99. The average molecular weight is 338 g/mol. The number of ether oxygens (including phenoxy) is 1. The first-order chi connectivity index (χ1) is 12.3. The molecule has 4 nitrogen and oxygen atoms in total. The molecule has 25 heavy (non-hydrogen) atoms. The van der Waals surface area contributed by atoms with Crippen molar-refractivity contribution in [2.24, 2.45) is 0 Å². The van der Waals surface area contributed by atoms with E-state index in [4.69, 9.17) is 4.74 Å². The Hall–Kier alpha value is -2.33. The molecular weight excluding hydrogens is 312 g/mol. The first-order valence-electron chi connectivity index (χ1n) is 8.97. The summed E-state index contributed by atoms with van der Waals surface area (Å²) in [5.41, 5.74) is 3.00. The van der Waals surface area contributed by atoms with Gasteiger partial charge in [0.05, 0.1) is 12.7 Å². The van der Waals surface area contributed by atoms with Crippen LogP contribution in [0, 0.1) is 0 Å². The molecular formula is C21H26N2O2. The minimum Gasteiger partial charge on any atom is -0.496 e. The fourth-order valence-electron chi connectivity index (χ4n) is 3.32. The Balaban J connectivity index is 1.59. The minimum absolute atomic E-state index is 0.112. The monoisotopic (exact) mass is 338 g/mol. The lowest BCUT2D eigenvalue weighted by atomic mass is 10.1. The average Bonchev–Trinajstić information content (AvgIpc) is 2.67. The van der Waals surface area contributed by atoms with Crippen LogP contribution in [0.3, 0.4) is 0 Å². The molecule has 0 spiro atoms. The number of benzene rings is 2. The molecule has 0 aromatic heterocycles. The van der Waals surface area contributed by atoms with Gasteiger partial charge in [-0.25, -0.2) is 0 Å². The molecule has 3 rings (SSSR count). The lowest BCUT2D eigenvalue weighted by Crippen LogP contribution is -2.29. The standard InChI is InChI=1S/C21H26N2O2/c1-25-20-11-4-3-10-19(20)21(24)22-15-17-8-7-9-18(14-17)16-23-12-5-2-6-13-23/h3-4,7-11,14H,2,5-6,12-13,15-16H2,1H3,(H,22,24). The zero-order chi connectivity index (χ0) is 17.5. The second-order valence-electron chi connectivity index (χ2n) is 6.54. The van der Waals surface area contributed by atoms with Gasteiger partial charge in [0.1, 0.15) is 5.75 Å². The highest BCUT2D eigenvalue weighted by Crippen LogP contribution is 2.17. The van der Waals surface area contributed by atoms with Crippen molar-refractivity contribution < 1.29 is 9.53 Å². The van der Waals surface area contributed by atoms with Gasteiger partial charge in [-0.15, -0.1) is 0 Å². The third kappa shape index (κ3) is 4.83. The largest absolute Gasteiger partial charge is 0.496 e. The van der Waals surface area contributed by atoms with Gasteiger partial charge in [0.15, 0.2) is 0 Å². The predicted octanol–water partition coefficient (Wildman–Crippen LogP) is 3.61. The summed E-state index contributed by atoms with van der Waals surface area (Å²) in [4.78, 5) is 14.9. The van der Waals surface area contributed by atoms with E-state index in [1.54, 1.807) is 19.2 Å². The summed E-state index contributed by atoms with van der Waals surface area (Å²) in [6.45, 7) is 3.89. The van der Waals surface area contributed by atoms with E-state index in [-0.39, 0.29) is 5.91 Å². The quantitative estimate of drug-likeness (QED) is 0.875. The van der Waals surface area contributed by atoms with Gasteiger partial charge in [-0.1, -0.05) is 42.8 Å². The van der Waals surface area contributed by atoms with Gasteiger partial charge in [-0.05, 0) is 49.2 Å². The number of nitrogens with one attached hydrogen (secondary N) is 1. The molecule has 0 bridgehead atoms. The highest BCUT2D eigenvalue weighted by Gasteiger charge is 2.12. The molecule has 1 aliphatic rings. The van der Waals surface area contributed by atoms with Crippen molar-refractivity contribution in [3.05, 3.63) is 65.2 Å². The molecule has 0 aliphatic carbocycles. The molecule has 1 saturated heterocycles. The molecule has 1 amide bonds. The van der Waals surface area contributed by atoms with Crippen LogP contribution in [-0.4, -0.2) is 31.0 Å². The smallest absolute Gasteiger partial charge is 0.255 e. The predicted molar refractivity (Wildman–Crippen MR) is 99.7 cm³/mol. The summed E-state index contributed by atoms with van der Waals surface area (Å²) in [7, 11) is 1.58. The second kappa shape index (κ2) is 8.67. The van der Waals surface area contributed by atoms with Crippen LogP contribution in [0.4, 0.5) is 0 Å². The summed E-state index contributed by atoms with van der Waals surface area (Å²) in [5.74, 6) is 0.484. The number of piperidine rings is 1. The maximum absolute atomic E-state index is 12.4. The highest BCUT2D eigenvalue weighted by atomic mass is 16.5. The molecule has 132 valence electrons. The number of amides is 1. The summed E-state index contributed by atoms with van der Waals surface area (Å²) < 4.78 is 5.26. The molecule has 0 radical (unpaired) electrons. The van der Waals surface area contributed by atoms with Crippen LogP contribution in [0.2, 0.25) is 0 Å². The number of carbonyl (C=O) groups excluding carboxylic acids is 1. The van der Waals surface area contributed by atoms with Crippen LogP contribution in [0.5, 0.6) is 5.75 Å². The Morgan fingerprint density at radius 1 is 1.04 bits per heavy atom. The van der Waals surface area contributed by atoms with E-state index in [0.29, 0.717) is 17.9 Å². The van der Waals surface area contributed by atoms with Crippen molar-refractivity contribution in [3.8, 4) is 5.75 Å². The van der Waals surface area contributed by atoms with Gasteiger partial charge < -0.3 is 10.1 Å². The fraction of sp³-hybridized carbons (Fsp3) is 0.381. The van der Waals surface area contributed by atoms with E-state index in [0.717, 1.165) is 12.1 Å². The van der Waals surface area contributed by atoms with E-state index < -0.39 is 0 Å². The molecule has 4 heteroatoms. The van der Waals surface area contributed by atoms with Gasteiger partial charge in [-0.3, -0.25) is 9.69 Å². The van der Waals surface area contributed by atoms with E-state index in [9.17, 15) is 4.79 Å². The van der Waals surface area contributed by atoms with Gasteiger partial charge in [-0.2, -0.15) is 0 Å². The zero-order valence-electron chi connectivity index (χ0n) is 14.8. The Morgan fingerprint density at radius 3 is 2.60 bits per heavy atom. The number of carbonyl (C=O) groups is 1. The first kappa shape index (κ1) is 17.5. The Morgan fingerprint density at radius 2 is 1.80 bits per heavy atom. The Kier molecular flexibility index (Phi) is 6.07. The van der Waals surface area contributed by atoms with Crippen molar-refractivity contribution in [2.75, 3.05) is 20.2 Å². The van der Waals surface area contributed by atoms with Crippen molar-refractivity contribution in [2.45, 2.75) is 32.4 Å². The highest BCUT2D eigenvalue weighted by molar-refractivity contribution is 5.96. The number of hydrogen-bond donors (Lipinski definition) is 1. The van der Waals surface area contributed by atoms with Crippen LogP contribution in [0.1, 0.15) is 40.7 Å². The zero-order valence-corrected chi connectivity index (χ0v) is 14.8. The summed E-state index contributed by atoms with van der Waals surface area (Å²) >= 11 is 0. The topological polar surface area (TPSA) is 41.6 Å². The summed E-state index contributed by atoms with van der Waals surface area (Å²) in [6, 6.07) is 15.8. The van der Waals surface area contributed by atoms with E-state index in [1.807, 2.05) is 12.1 Å². The third-order valence-corrected chi connectivity index (χ3v) is 4.65. The molecule has 2 aromatic carbocycles. The van der Waals surface area contributed by atoms with E-state index >= 15 is 0 Å². The molecule has 0 unspecified atom stereocenters. The van der Waals surface area contributed by atoms with Gasteiger partial charge in [0.2, 0.25) is 0 Å². The maximum atomic E-state index is 12.4. The van der Waals surface area contributed by atoms with Gasteiger partial charge in [0, 0.05) is 13.1 Å². The van der Waals surface area contributed by atoms with Crippen LogP contribution in [-0.2, 0) is 13.1 Å². The maximum Gasteiger partial charge on any atom is 0.255 e. The number of nitrogens with zero attached hydrogens (tertiary/aromatic N) is 1. The molecule has 0 saturated carbocycles. The number of rotatable bonds is 6. The van der Waals surface area contributed by atoms with Gasteiger partial charge >= 0.3 is 0 Å². The van der Waals surface area contributed by atoms with Crippen molar-refractivity contribution in [1.82, 2.24) is 10.2 Å². The second-order valence-corrected chi connectivity index (χ2v) is 6.54. The summed E-state index contributed by atoms with van der Waals surface area (Å²) in [6.07, 6.45) is 3.95. The van der Waals surface area contributed by atoms with E-state index in [2.05, 4.69) is 34.5 Å². The normalized spacial score (nSPS) is 14.9. The van der Waals surface area contributed by atoms with Crippen LogP contribution in [0.15, 0.2) is 48.5 Å². The van der Waals surface area contributed by atoms with Crippen molar-refractivity contribution in [3.63, 3.8) is 0 Å². The lowest BCUT2D eigenvalue weighted by molar-refractivity contribution is 0.0948. The first-order valence-corrected chi connectivity index (χ1v) is 8.97. The molecule has 0 atom stereocenters. The molecule has 1 aliphatic heterocycles. The van der Waals surface area contributed by atoms with Crippen LogP contribution < -0.4 is 10.1 Å². The lowest BCUT2D eigenvalue weighted by Gasteiger charge is -2.26.